The zero-order chi connectivity index (χ0) is 28.6. The Morgan fingerprint density at radius 1 is 0.535 bits per heavy atom. The molecule has 5 heteroatoms. The van der Waals surface area contributed by atoms with Crippen molar-refractivity contribution < 1.29 is 0 Å². The summed E-state index contributed by atoms with van der Waals surface area (Å²) in [5, 5.41) is 5.95. The van der Waals surface area contributed by atoms with Gasteiger partial charge in [-0.05, 0) is 35.4 Å². The normalized spacial score (nSPS) is 14.7. The van der Waals surface area contributed by atoms with Gasteiger partial charge >= 0.3 is 0 Å². The standard InChI is InChI=1S/C38H27N5/c1-4-12-26(13-5-1)29-20-22-32-31-18-10-11-19-33(31)43(34(32)24-29)35-23-21-30(25-39-35)38-41-36(27-14-6-2-7-15-27)40-37(42-38)28-16-8-3-9-17-28/h1-25,38H,(H,40,41,42). The highest BCUT2D eigenvalue weighted by Crippen LogP contribution is 2.34. The van der Waals surface area contributed by atoms with Crippen LogP contribution in [0.1, 0.15) is 22.9 Å². The van der Waals surface area contributed by atoms with E-state index < -0.39 is 0 Å². The fourth-order valence-electron chi connectivity index (χ4n) is 5.80. The average molecular weight is 554 g/mol. The van der Waals surface area contributed by atoms with Gasteiger partial charge < -0.3 is 5.32 Å². The van der Waals surface area contributed by atoms with Crippen molar-refractivity contribution in [1.82, 2.24) is 14.9 Å². The molecule has 0 fully saturated rings. The Bertz CT molecular complexity index is 2130. The molecule has 0 amide bonds. The first-order chi connectivity index (χ1) is 21.3. The van der Waals surface area contributed by atoms with Gasteiger partial charge in [0.2, 0.25) is 0 Å². The topological polar surface area (TPSA) is 54.6 Å². The van der Waals surface area contributed by atoms with Crippen LogP contribution in [-0.4, -0.2) is 21.2 Å². The number of fused-ring (bicyclic) bond motifs is 3. The number of hydrogen-bond donors (Lipinski definition) is 1. The molecular weight excluding hydrogens is 526 g/mol. The van der Waals surface area contributed by atoms with Gasteiger partial charge in [0, 0.05) is 33.7 Å². The van der Waals surface area contributed by atoms with Crippen LogP contribution in [0.3, 0.4) is 0 Å². The fourth-order valence-corrected chi connectivity index (χ4v) is 5.80. The summed E-state index contributed by atoms with van der Waals surface area (Å²) in [7, 11) is 0. The van der Waals surface area contributed by atoms with Crippen molar-refractivity contribution in [2.45, 2.75) is 6.17 Å². The molecule has 204 valence electrons. The molecule has 0 radical (unpaired) electrons. The molecule has 5 aromatic carbocycles. The van der Waals surface area contributed by atoms with Crippen molar-refractivity contribution in [2.75, 3.05) is 0 Å². The monoisotopic (exact) mass is 553 g/mol. The SMILES string of the molecule is c1ccc(C2=NC(c3ccc(-n4c5ccccc5c5ccc(-c6ccccc6)cc54)nc3)NC(c3ccccc3)=N2)cc1. The number of nitrogens with zero attached hydrogens (tertiary/aromatic N) is 4. The molecule has 8 rings (SSSR count). The molecule has 1 aliphatic rings. The molecule has 3 heterocycles. The summed E-state index contributed by atoms with van der Waals surface area (Å²) in [6, 6.07) is 50.2. The molecule has 1 aliphatic heterocycles. The fraction of sp³-hybridized carbons (Fsp3) is 0.0263. The van der Waals surface area contributed by atoms with Gasteiger partial charge in [-0.3, -0.25) is 4.57 Å². The number of benzene rings is 5. The molecule has 0 bridgehead atoms. The summed E-state index contributed by atoms with van der Waals surface area (Å²) in [4.78, 5) is 14.9. The molecule has 0 spiro atoms. The van der Waals surface area contributed by atoms with Crippen LogP contribution < -0.4 is 5.32 Å². The Hall–Kier alpha value is -5.81. The Labute approximate surface area is 249 Å². The number of amidine groups is 2. The lowest BCUT2D eigenvalue weighted by Gasteiger charge is -2.23. The third kappa shape index (κ3) is 4.57. The zero-order valence-electron chi connectivity index (χ0n) is 23.3. The predicted octanol–water partition coefficient (Wildman–Crippen LogP) is 8.34. The molecule has 0 saturated carbocycles. The molecule has 5 nitrogen and oxygen atoms in total. The van der Waals surface area contributed by atoms with Gasteiger partial charge in [0.25, 0.3) is 0 Å². The zero-order valence-corrected chi connectivity index (χ0v) is 23.3. The number of rotatable bonds is 5. The molecule has 43 heavy (non-hydrogen) atoms. The third-order valence-electron chi connectivity index (χ3n) is 7.92. The van der Waals surface area contributed by atoms with Gasteiger partial charge in [-0.15, -0.1) is 0 Å². The van der Waals surface area contributed by atoms with Crippen LogP contribution in [0.4, 0.5) is 0 Å². The number of hydrogen-bond acceptors (Lipinski definition) is 4. The number of pyridine rings is 1. The number of aliphatic imine (C=N–C) groups is 2. The van der Waals surface area contributed by atoms with Gasteiger partial charge in [0.05, 0.1) is 11.0 Å². The second-order valence-corrected chi connectivity index (χ2v) is 10.6. The first-order valence-electron chi connectivity index (χ1n) is 14.4. The van der Waals surface area contributed by atoms with Crippen LogP contribution >= 0.6 is 0 Å². The van der Waals surface area contributed by atoms with E-state index >= 15 is 0 Å². The van der Waals surface area contributed by atoms with E-state index in [0.717, 1.165) is 39.4 Å². The summed E-state index contributed by atoms with van der Waals surface area (Å²) < 4.78 is 2.25. The first-order valence-corrected chi connectivity index (χ1v) is 14.4. The third-order valence-corrected chi connectivity index (χ3v) is 7.92. The minimum atomic E-state index is -0.327. The average Bonchev–Trinajstić information content (AvgIpc) is 3.43. The molecule has 1 atom stereocenters. The number of para-hydroxylation sites is 1. The van der Waals surface area contributed by atoms with Crippen molar-refractivity contribution in [3.63, 3.8) is 0 Å². The van der Waals surface area contributed by atoms with Gasteiger partial charge in [-0.25, -0.2) is 15.0 Å². The van der Waals surface area contributed by atoms with Crippen molar-refractivity contribution in [2.24, 2.45) is 9.98 Å². The number of aromatic nitrogens is 2. The lowest BCUT2D eigenvalue weighted by atomic mass is 10.0. The molecule has 0 aliphatic carbocycles. The van der Waals surface area contributed by atoms with Crippen LogP contribution in [0.5, 0.6) is 0 Å². The second-order valence-electron chi connectivity index (χ2n) is 10.6. The van der Waals surface area contributed by atoms with Gasteiger partial charge in [0.15, 0.2) is 5.84 Å². The van der Waals surface area contributed by atoms with Gasteiger partial charge in [-0.1, -0.05) is 121 Å². The maximum Gasteiger partial charge on any atom is 0.159 e. The molecule has 1 unspecified atom stereocenters. The predicted molar refractivity (Wildman–Crippen MR) is 176 cm³/mol. The summed E-state index contributed by atoms with van der Waals surface area (Å²) in [6.45, 7) is 0. The van der Waals surface area contributed by atoms with Crippen molar-refractivity contribution in [3.05, 3.63) is 168 Å². The quantitative estimate of drug-likeness (QED) is 0.233. The van der Waals surface area contributed by atoms with Crippen molar-refractivity contribution in [1.29, 1.82) is 0 Å². The minimum Gasteiger partial charge on any atom is -0.344 e. The minimum absolute atomic E-state index is 0.327. The van der Waals surface area contributed by atoms with E-state index in [2.05, 4.69) is 101 Å². The van der Waals surface area contributed by atoms with Crippen LogP contribution in [0.2, 0.25) is 0 Å². The van der Waals surface area contributed by atoms with E-state index in [-0.39, 0.29) is 6.17 Å². The second kappa shape index (κ2) is 10.5. The van der Waals surface area contributed by atoms with Crippen molar-refractivity contribution in [3.8, 4) is 16.9 Å². The number of nitrogens with one attached hydrogen (secondary N) is 1. The lowest BCUT2D eigenvalue weighted by Crippen LogP contribution is -2.33. The Balaban J connectivity index is 1.22. The van der Waals surface area contributed by atoms with Crippen LogP contribution in [0.25, 0.3) is 38.8 Å². The highest BCUT2D eigenvalue weighted by atomic mass is 15.2. The molecule has 0 saturated heterocycles. The van der Waals surface area contributed by atoms with Crippen LogP contribution in [0, 0.1) is 0 Å². The smallest absolute Gasteiger partial charge is 0.159 e. The highest BCUT2D eigenvalue weighted by molar-refractivity contribution is 6.13. The molecule has 7 aromatic rings. The Morgan fingerprint density at radius 3 is 1.91 bits per heavy atom. The van der Waals surface area contributed by atoms with E-state index in [4.69, 9.17) is 15.0 Å². The largest absolute Gasteiger partial charge is 0.344 e. The maximum atomic E-state index is 5.01. The Kier molecular flexibility index (Phi) is 6.12. The summed E-state index contributed by atoms with van der Waals surface area (Å²) in [5.74, 6) is 2.35. The summed E-state index contributed by atoms with van der Waals surface area (Å²) >= 11 is 0. The first kappa shape index (κ1) is 24.9. The van der Waals surface area contributed by atoms with E-state index in [0.29, 0.717) is 5.84 Å². The van der Waals surface area contributed by atoms with Gasteiger partial charge in [-0.2, -0.15) is 0 Å². The molecule has 2 aromatic heterocycles. The molecular formula is C38H27N5. The highest BCUT2D eigenvalue weighted by Gasteiger charge is 2.22. The molecule has 1 N–H and O–H groups in total. The van der Waals surface area contributed by atoms with E-state index in [1.165, 1.54) is 21.9 Å². The Morgan fingerprint density at radius 2 is 1.19 bits per heavy atom. The van der Waals surface area contributed by atoms with Crippen LogP contribution in [-0.2, 0) is 0 Å². The van der Waals surface area contributed by atoms with Gasteiger partial charge in [0.1, 0.15) is 17.8 Å². The lowest BCUT2D eigenvalue weighted by molar-refractivity contribution is 0.670. The van der Waals surface area contributed by atoms with E-state index in [1.54, 1.807) is 0 Å². The summed E-state index contributed by atoms with van der Waals surface area (Å²) in [6.07, 6.45) is 1.60. The van der Waals surface area contributed by atoms with Crippen LogP contribution in [0.15, 0.2) is 162 Å². The summed E-state index contributed by atoms with van der Waals surface area (Å²) in [5.41, 5.74) is 7.58. The van der Waals surface area contributed by atoms with Crippen molar-refractivity contribution >= 4 is 33.5 Å². The van der Waals surface area contributed by atoms with E-state index in [1.807, 2.05) is 60.8 Å². The maximum absolute atomic E-state index is 5.01. The van der Waals surface area contributed by atoms with E-state index in [9.17, 15) is 0 Å².